The maximum Gasteiger partial charge on any atom is 0.207 e. The van der Waals surface area contributed by atoms with Crippen LogP contribution in [0.3, 0.4) is 0 Å². The number of nitrogens with zero attached hydrogens (tertiary/aromatic N) is 4. The van der Waals surface area contributed by atoms with E-state index in [4.69, 9.17) is 0 Å². The molecule has 0 radical (unpaired) electrons. The minimum Gasteiger partial charge on any atom is -0.290 e. The number of hydrogen-bond acceptors (Lipinski definition) is 5. The van der Waals surface area contributed by atoms with Crippen LogP contribution < -0.4 is 0 Å². The lowest BCUT2D eigenvalue weighted by Crippen LogP contribution is -2.11. The molecular weight excluding hydrogens is 204 g/mol. The first-order valence-corrected chi connectivity index (χ1v) is 5.10. The number of carbonyl (C=O) groups is 1. The Labute approximate surface area is 93.3 Å². The van der Waals surface area contributed by atoms with Crippen molar-refractivity contribution < 1.29 is 4.79 Å². The van der Waals surface area contributed by atoms with Crippen molar-refractivity contribution in [3.8, 4) is 0 Å². The predicted molar refractivity (Wildman–Crippen MR) is 58.4 cm³/mol. The van der Waals surface area contributed by atoms with Crippen LogP contribution in [0.1, 0.15) is 20.8 Å². The lowest BCUT2D eigenvalue weighted by atomic mass is 9.88. The molecule has 16 heavy (non-hydrogen) atoms. The standard InChI is InChI=1S/C11H12N4O/c1-6(2)8-5-9(7(3)4-10(8)16)11-12-14-15-13-11/h4-6H,1-3H3. The lowest BCUT2D eigenvalue weighted by molar-refractivity contribution is -0.111. The summed E-state index contributed by atoms with van der Waals surface area (Å²) in [6, 6.07) is 0. The van der Waals surface area contributed by atoms with E-state index in [1.165, 1.54) is 0 Å². The van der Waals surface area contributed by atoms with Gasteiger partial charge in [0, 0.05) is 11.1 Å². The van der Waals surface area contributed by atoms with E-state index in [0.717, 1.165) is 16.7 Å². The number of carbonyl (C=O) groups excluding carboxylic acids is 1. The highest BCUT2D eigenvalue weighted by Gasteiger charge is 2.21. The molecule has 0 aromatic carbocycles. The Balaban J connectivity index is 2.51. The molecule has 0 atom stereocenters. The second-order valence-electron chi connectivity index (χ2n) is 4.06. The van der Waals surface area contributed by atoms with Gasteiger partial charge in [-0.1, -0.05) is 13.8 Å². The SMILES string of the molecule is CC1=CC(=O)C(C(C)C)=CC1=C1N=NN=N1. The number of ketones is 1. The molecule has 82 valence electrons. The van der Waals surface area contributed by atoms with Gasteiger partial charge < -0.3 is 0 Å². The van der Waals surface area contributed by atoms with Crippen molar-refractivity contribution in [2.45, 2.75) is 20.8 Å². The molecule has 0 unspecified atom stereocenters. The third kappa shape index (κ3) is 1.76. The highest BCUT2D eigenvalue weighted by atomic mass is 16.1. The van der Waals surface area contributed by atoms with Crippen molar-refractivity contribution >= 4 is 5.78 Å². The van der Waals surface area contributed by atoms with Gasteiger partial charge in [0.2, 0.25) is 5.82 Å². The molecule has 0 fully saturated rings. The highest BCUT2D eigenvalue weighted by molar-refractivity contribution is 6.07. The first-order valence-electron chi connectivity index (χ1n) is 5.10. The zero-order chi connectivity index (χ0) is 11.7. The molecule has 0 amide bonds. The number of rotatable bonds is 1. The van der Waals surface area contributed by atoms with Crippen LogP contribution in [-0.2, 0) is 4.79 Å². The Bertz CT molecular complexity index is 478. The summed E-state index contributed by atoms with van der Waals surface area (Å²) in [5.41, 5.74) is 2.45. The van der Waals surface area contributed by atoms with Crippen molar-refractivity contribution in [2.24, 2.45) is 26.6 Å². The maximum absolute atomic E-state index is 11.7. The molecule has 0 spiro atoms. The van der Waals surface area contributed by atoms with Crippen LogP contribution in [0.15, 0.2) is 55.4 Å². The van der Waals surface area contributed by atoms with Crippen LogP contribution in [0.5, 0.6) is 0 Å². The summed E-state index contributed by atoms with van der Waals surface area (Å²) < 4.78 is 0. The van der Waals surface area contributed by atoms with Gasteiger partial charge in [0.1, 0.15) is 0 Å². The molecule has 0 saturated carbocycles. The Morgan fingerprint density at radius 2 is 1.75 bits per heavy atom. The summed E-state index contributed by atoms with van der Waals surface area (Å²) in [6.07, 6.45) is 3.45. The average Bonchev–Trinajstić information content (AvgIpc) is 2.70. The molecule has 5 heteroatoms. The van der Waals surface area contributed by atoms with E-state index in [0.29, 0.717) is 5.82 Å². The summed E-state index contributed by atoms with van der Waals surface area (Å²) in [5, 5.41) is 14.5. The van der Waals surface area contributed by atoms with Gasteiger partial charge in [-0.3, -0.25) is 4.79 Å². The van der Waals surface area contributed by atoms with Crippen molar-refractivity contribution in [1.29, 1.82) is 0 Å². The Kier molecular flexibility index (Phi) is 2.60. The average molecular weight is 216 g/mol. The summed E-state index contributed by atoms with van der Waals surface area (Å²) in [7, 11) is 0. The van der Waals surface area contributed by atoms with Gasteiger partial charge in [-0.25, -0.2) is 0 Å². The zero-order valence-corrected chi connectivity index (χ0v) is 9.43. The molecule has 2 aliphatic rings. The van der Waals surface area contributed by atoms with Crippen LogP contribution in [0, 0.1) is 5.92 Å². The molecule has 5 nitrogen and oxygen atoms in total. The van der Waals surface area contributed by atoms with Crippen molar-refractivity contribution in [3.05, 3.63) is 34.7 Å². The third-order valence-electron chi connectivity index (χ3n) is 2.54. The summed E-state index contributed by atoms with van der Waals surface area (Å²) in [6.45, 7) is 5.83. The van der Waals surface area contributed by atoms with Crippen LogP contribution >= 0.6 is 0 Å². The van der Waals surface area contributed by atoms with E-state index in [-0.39, 0.29) is 11.7 Å². The molecule has 1 heterocycles. The molecule has 1 aliphatic heterocycles. The maximum atomic E-state index is 11.7. The van der Waals surface area contributed by atoms with Gasteiger partial charge in [0.15, 0.2) is 5.78 Å². The number of hydrogen-bond donors (Lipinski definition) is 0. The minimum atomic E-state index is 0.0590. The molecule has 1 aliphatic carbocycles. The Hall–Kier alpha value is -1.91. The lowest BCUT2D eigenvalue weighted by Gasteiger charge is -2.15. The fourth-order valence-corrected chi connectivity index (χ4v) is 1.64. The first kappa shape index (κ1) is 10.6. The van der Waals surface area contributed by atoms with Crippen LogP contribution in [0.2, 0.25) is 0 Å². The number of allylic oxidation sites excluding steroid dienone is 5. The van der Waals surface area contributed by atoms with Crippen molar-refractivity contribution in [2.75, 3.05) is 0 Å². The summed E-state index contributed by atoms with van der Waals surface area (Å²) >= 11 is 0. The quantitative estimate of drug-likeness (QED) is 0.663. The molecule has 0 N–H and O–H groups in total. The van der Waals surface area contributed by atoms with Gasteiger partial charge in [-0.15, -0.1) is 10.2 Å². The third-order valence-corrected chi connectivity index (χ3v) is 2.54. The van der Waals surface area contributed by atoms with Gasteiger partial charge in [0.05, 0.1) is 0 Å². The van der Waals surface area contributed by atoms with E-state index in [2.05, 4.69) is 20.7 Å². The Morgan fingerprint density at radius 1 is 1.12 bits per heavy atom. The topological polar surface area (TPSA) is 66.5 Å². The van der Waals surface area contributed by atoms with E-state index in [9.17, 15) is 4.79 Å². The minimum absolute atomic E-state index is 0.0590. The molecule has 0 aromatic rings. The fraction of sp³-hybridized carbons (Fsp3) is 0.364. The first-order chi connectivity index (χ1) is 7.59. The van der Waals surface area contributed by atoms with Gasteiger partial charge >= 0.3 is 0 Å². The molecule has 0 saturated heterocycles. The van der Waals surface area contributed by atoms with E-state index >= 15 is 0 Å². The molecular formula is C11H12N4O. The molecule has 2 rings (SSSR count). The second-order valence-corrected chi connectivity index (χ2v) is 4.06. The van der Waals surface area contributed by atoms with Crippen LogP contribution in [-0.4, -0.2) is 5.78 Å². The van der Waals surface area contributed by atoms with Gasteiger partial charge in [-0.05, 0) is 41.0 Å². The zero-order valence-electron chi connectivity index (χ0n) is 9.43. The van der Waals surface area contributed by atoms with Crippen molar-refractivity contribution in [1.82, 2.24) is 0 Å². The molecule has 0 aromatic heterocycles. The van der Waals surface area contributed by atoms with Crippen LogP contribution in [0.25, 0.3) is 0 Å². The van der Waals surface area contributed by atoms with Gasteiger partial charge in [-0.2, -0.15) is 0 Å². The van der Waals surface area contributed by atoms with E-state index in [1.54, 1.807) is 6.08 Å². The van der Waals surface area contributed by atoms with Crippen LogP contribution in [0.4, 0.5) is 0 Å². The smallest absolute Gasteiger partial charge is 0.207 e. The highest BCUT2D eigenvalue weighted by Crippen LogP contribution is 2.29. The monoisotopic (exact) mass is 216 g/mol. The predicted octanol–water partition coefficient (Wildman–Crippen LogP) is 3.14. The molecule has 0 bridgehead atoms. The summed E-state index contributed by atoms with van der Waals surface area (Å²) in [4.78, 5) is 11.7. The summed E-state index contributed by atoms with van der Waals surface area (Å²) in [5.74, 6) is 0.714. The van der Waals surface area contributed by atoms with E-state index in [1.807, 2.05) is 26.8 Å². The van der Waals surface area contributed by atoms with Gasteiger partial charge in [0.25, 0.3) is 0 Å². The Morgan fingerprint density at radius 3 is 2.31 bits per heavy atom. The van der Waals surface area contributed by atoms with Crippen molar-refractivity contribution in [3.63, 3.8) is 0 Å². The second kappa shape index (κ2) is 3.92. The largest absolute Gasteiger partial charge is 0.290 e. The van der Waals surface area contributed by atoms with E-state index < -0.39 is 0 Å². The normalized spacial score (nSPS) is 19.6. The fourth-order valence-electron chi connectivity index (χ4n) is 1.64.